The van der Waals surface area contributed by atoms with Crippen LogP contribution in [0.5, 0.6) is 0 Å². The standard InChI is InChI=1S/C12H16N4O2/c1-7-14-2-10(11(13)15-7)12(17)16-3-8-5-18-6-9(8)4-16/h2,8-9H,3-6H2,1H3,(H2,13,14,15)/t8-,9+. The van der Waals surface area contributed by atoms with Gasteiger partial charge in [0, 0.05) is 31.1 Å². The number of carbonyl (C=O) groups excluding carboxylic acids is 1. The molecule has 0 aliphatic carbocycles. The summed E-state index contributed by atoms with van der Waals surface area (Å²) in [5.74, 6) is 1.72. The summed E-state index contributed by atoms with van der Waals surface area (Å²) >= 11 is 0. The second-order valence-electron chi connectivity index (χ2n) is 4.98. The number of carbonyl (C=O) groups is 1. The molecule has 1 aromatic rings. The van der Waals surface area contributed by atoms with Crippen LogP contribution in [-0.4, -0.2) is 47.1 Å². The van der Waals surface area contributed by atoms with E-state index in [1.807, 2.05) is 4.90 Å². The quantitative estimate of drug-likeness (QED) is 0.761. The smallest absolute Gasteiger partial charge is 0.259 e. The molecule has 2 aliphatic heterocycles. The van der Waals surface area contributed by atoms with E-state index >= 15 is 0 Å². The van der Waals surface area contributed by atoms with Crippen molar-refractivity contribution in [3.63, 3.8) is 0 Å². The molecule has 96 valence electrons. The van der Waals surface area contributed by atoms with E-state index in [0.29, 0.717) is 23.2 Å². The lowest BCUT2D eigenvalue weighted by Gasteiger charge is -2.17. The third-order valence-corrected chi connectivity index (χ3v) is 3.70. The molecular formula is C12H16N4O2. The third kappa shape index (κ3) is 1.82. The van der Waals surface area contributed by atoms with Crippen LogP contribution >= 0.6 is 0 Å². The van der Waals surface area contributed by atoms with Crippen molar-refractivity contribution in [2.24, 2.45) is 11.8 Å². The van der Waals surface area contributed by atoms with E-state index in [0.717, 1.165) is 26.3 Å². The Kier molecular flexibility index (Phi) is 2.66. The van der Waals surface area contributed by atoms with Gasteiger partial charge in [-0.15, -0.1) is 0 Å². The number of amides is 1. The number of nitrogen functional groups attached to an aromatic ring is 1. The zero-order valence-corrected chi connectivity index (χ0v) is 10.3. The van der Waals surface area contributed by atoms with Crippen molar-refractivity contribution in [3.8, 4) is 0 Å². The maximum absolute atomic E-state index is 12.3. The summed E-state index contributed by atoms with van der Waals surface area (Å²) in [4.78, 5) is 22.2. The number of nitrogens with two attached hydrogens (primary N) is 1. The Hall–Kier alpha value is -1.69. The molecular weight excluding hydrogens is 232 g/mol. The monoisotopic (exact) mass is 248 g/mol. The van der Waals surface area contributed by atoms with E-state index in [-0.39, 0.29) is 11.7 Å². The normalized spacial score (nSPS) is 26.4. The number of aromatic nitrogens is 2. The molecule has 3 rings (SSSR count). The lowest BCUT2D eigenvalue weighted by Crippen LogP contribution is -2.31. The summed E-state index contributed by atoms with van der Waals surface area (Å²) in [6.07, 6.45) is 1.52. The molecule has 2 fully saturated rings. The summed E-state index contributed by atoms with van der Waals surface area (Å²) in [7, 11) is 0. The van der Waals surface area contributed by atoms with Gasteiger partial charge in [0.25, 0.3) is 5.91 Å². The molecule has 0 saturated carbocycles. The Balaban J connectivity index is 1.79. The van der Waals surface area contributed by atoms with Gasteiger partial charge in [0.05, 0.1) is 13.2 Å². The molecule has 0 spiro atoms. The Morgan fingerprint density at radius 2 is 2.11 bits per heavy atom. The number of nitrogens with zero attached hydrogens (tertiary/aromatic N) is 3. The zero-order valence-electron chi connectivity index (χ0n) is 10.3. The van der Waals surface area contributed by atoms with Crippen LogP contribution < -0.4 is 5.73 Å². The van der Waals surface area contributed by atoms with Gasteiger partial charge in [-0.05, 0) is 6.92 Å². The largest absolute Gasteiger partial charge is 0.383 e. The molecule has 0 unspecified atom stereocenters. The molecule has 6 nitrogen and oxygen atoms in total. The maximum atomic E-state index is 12.3. The van der Waals surface area contributed by atoms with Gasteiger partial charge in [0.1, 0.15) is 17.2 Å². The van der Waals surface area contributed by atoms with Crippen LogP contribution in [-0.2, 0) is 4.74 Å². The second kappa shape index (κ2) is 4.20. The van der Waals surface area contributed by atoms with Crippen molar-refractivity contribution in [1.29, 1.82) is 0 Å². The molecule has 18 heavy (non-hydrogen) atoms. The van der Waals surface area contributed by atoms with Crippen molar-refractivity contribution in [1.82, 2.24) is 14.9 Å². The lowest BCUT2D eigenvalue weighted by atomic mass is 10.0. The highest BCUT2D eigenvalue weighted by atomic mass is 16.5. The van der Waals surface area contributed by atoms with E-state index in [4.69, 9.17) is 10.5 Å². The number of fused-ring (bicyclic) bond motifs is 1. The van der Waals surface area contributed by atoms with E-state index in [1.54, 1.807) is 6.92 Å². The molecule has 1 amide bonds. The van der Waals surface area contributed by atoms with Crippen LogP contribution in [0.15, 0.2) is 6.20 Å². The van der Waals surface area contributed by atoms with Gasteiger partial charge in [-0.1, -0.05) is 0 Å². The van der Waals surface area contributed by atoms with Crippen molar-refractivity contribution in [2.45, 2.75) is 6.92 Å². The lowest BCUT2D eigenvalue weighted by molar-refractivity contribution is 0.0751. The van der Waals surface area contributed by atoms with E-state index in [9.17, 15) is 4.79 Å². The molecule has 0 bridgehead atoms. The topological polar surface area (TPSA) is 81.3 Å². The first kappa shape index (κ1) is 11.4. The number of rotatable bonds is 1. The molecule has 2 N–H and O–H groups in total. The SMILES string of the molecule is Cc1ncc(C(=O)N2C[C@H]3COC[C@H]3C2)c(N)n1. The Morgan fingerprint density at radius 3 is 2.72 bits per heavy atom. The predicted molar refractivity (Wildman–Crippen MR) is 64.9 cm³/mol. The first-order chi connectivity index (χ1) is 8.65. The van der Waals surface area contributed by atoms with Crippen LogP contribution in [0.25, 0.3) is 0 Å². The first-order valence-electron chi connectivity index (χ1n) is 6.11. The van der Waals surface area contributed by atoms with Crippen molar-refractivity contribution >= 4 is 11.7 Å². The molecule has 1 aromatic heterocycles. The van der Waals surface area contributed by atoms with Gasteiger partial charge < -0.3 is 15.4 Å². The Labute approximate surface area is 105 Å². The van der Waals surface area contributed by atoms with E-state index < -0.39 is 0 Å². The number of hydrogen-bond donors (Lipinski definition) is 1. The molecule has 2 saturated heterocycles. The highest BCUT2D eigenvalue weighted by Gasteiger charge is 2.39. The number of likely N-dealkylation sites (tertiary alicyclic amines) is 1. The number of aryl methyl sites for hydroxylation is 1. The second-order valence-corrected chi connectivity index (χ2v) is 4.98. The van der Waals surface area contributed by atoms with Crippen molar-refractivity contribution < 1.29 is 9.53 Å². The van der Waals surface area contributed by atoms with Crippen molar-refractivity contribution in [3.05, 3.63) is 17.6 Å². The number of anilines is 1. The van der Waals surface area contributed by atoms with Crippen LogP contribution in [0, 0.1) is 18.8 Å². The van der Waals surface area contributed by atoms with E-state index in [2.05, 4.69) is 9.97 Å². The zero-order chi connectivity index (χ0) is 12.7. The average Bonchev–Trinajstić information content (AvgIpc) is 2.87. The summed E-state index contributed by atoms with van der Waals surface area (Å²) in [5.41, 5.74) is 6.19. The van der Waals surface area contributed by atoms with E-state index in [1.165, 1.54) is 6.20 Å². The van der Waals surface area contributed by atoms with Crippen molar-refractivity contribution in [2.75, 3.05) is 32.0 Å². The Bertz CT molecular complexity index is 479. The molecule has 0 radical (unpaired) electrons. The van der Waals surface area contributed by atoms with Gasteiger partial charge in [0.15, 0.2) is 0 Å². The molecule has 0 aromatic carbocycles. The summed E-state index contributed by atoms with van der Waals surface area (Å²) < 4.78 is 5.40. The third-order valence-electron chi connectivity index (χ3n) is 3.70. The fraction of sp³-hybridized carbons (Fsp3) is 0.583. The fourth-order valence-electron chi connectivity index (χ4n) is 2.68. The highest BCUT2D eigenvalue weighted by molar-refractivity contribution is 5.98. The highest BCUT2D eigenvalue weighted by Crippen LogP contribution is 2.30. The summed E-state index contributed by atoms with van der Waals surface area (Å²) in [5, 5.41) is 0. The van der Waals surface area contributed by atoms with Crippen LogP contribution in [0.3, 0.4) is 0 Å². The van der Waals surface area contributed by atoms with Gasteiger partial charge in [-0.2, -0.15) is 0 Å². The Morgan fingerprint density at radius 1 is 1.44 bits per heavy atom. The fourth-order valence-corrected chi connectivity index (χ4v) is 2.68. The number of ether oxygens (including phenoxy) is 1. The molecule has 2 atom stereocenters. The van der Waals surface area contributed by atoms with Crippen LogP contribution in [0.4, 0.5) is 5.82 Å². The van der Waals surface area contributed by atoms with Crippen LogP contribution in [0.1, 0.15) is 16.2 Å². The minimum Gasteiger partial charge on any atom is -0.383 e. The minimum absolute atomic E-state index is 0.0677. The summed E-state index contributed by atoms with van der Waals surface area (Å²) in [6.45, 7) is 4.76. The minimum atomic E-state index is -0.0677. The maximum Gasteiger partial charge on any atom is 0.259 e. The average molecular weight is 248 g/mol. The van der Waals surface area contributed by atoms with Gasteiger partial charge >= 0.3 is 0 Å². The summed E-state index contributed by atoms with van der Waals surface area (Å²) in [6, 6.07) is 0. The molecule has 6 heteroatoms. The van der Waals surface area contributed by atoms with Gasteiger partial charge in [-0.3, -0.25) is 4.79 Å². The first-order valence-corrected chi connectivity index (χ1v) is 6.11. The molecule has 3 heterocycles. The number of hydrogen-bond acceptors (Lipinski definition) is 5. The van der Waals surface area contributed by atoms with Gasteiger partial charge in [-0.25, -0.2) is 9.97 Å². The molecule has 2 aliphatic rings. The predicted octanol–water partition coefficient (Wildman–Crippen LogP) is 0.0856. The van der Waals surface area contributed by atoms with Crippen LogP contribution in [0.2, 0.25) is 0 Å². The van der Waals surface area contributed by atoms with Gasteiger partial charge in [0.2, 0.25) is 0 Å².